The molecule has 2 N–H and O–H groups in total. The van der Waals surface area contributed by atoms with Gasteiger partial charge in [-0.2, -0.15) is 0 Å². The number of hydrogen-bond acceptors (Lipinski definition) is 3. The quantitative estimate of drug-likeness (QED) is 0.758. The van der Waals surface area contributed by atoms with Gasteiger partial charge in [0.2, 0.25) is 0 Å². The molecule has 0 bridgehead atoms. The number of furan rings is 1. The van der Waals surface area contributed by atoms with Gasteiger partial charge >= 0.3 is 0 Å². The molecule has 1 atom stereocenters. The van der Waals surface area contributed by atoms with Crippen LogP contribution in [0.1, 0.15) is 38.0 Å². The molecule has 0 saturated carbocycles. The van der Waals surface area contributed by atoms with E-state index in [2.05, 4.69) is 12.2 Å². The first-order chi connectivity index (χ1) is 7.11. The van der Waals surface area contributed by atoms with Crippen molar-refractivity contribution in [1.29, 1.82) is 0 Å². The molecular formula is C12H21NO2. The van der Waals surface area contributed by atoms with Crippen LogP contribution in [0.3, 0.4) is 0 Å². The Morgan fingerprint density at radius 2 is 2.27 bits per heavy atom. The van der Waals surface area contributed by atoms with Crippen LogP contribution >= 0.6 is 0 Å². The molecule has 0 aliphatic rings. The van der Waals surface area contributed by atoms with Crippen LogP contribution in [0.2, 0.25) is 0 Å². The van der Waals surface area contributed by atoms with Gasteiger partial charge in [0.25, 0.3) is 0 Å². The smallest absolute Gasteiger partial charge is 0.120 e. The minimum absolute atomic E-state index is 0.153. The van der Waals surface area contributed by atoms with Gasteiger partial charge in [0.05, 0.1) is 19.4 Å². The standard InChI is InChI=1S/C12H21NO2/c1-4-6-12(3,9-14)13-8-11-10(2)5-7-15-11/h5,7,13-14H,4,6,8-9H2,1-3H3. The van der Waals surface area contributed by atoms with Crippen LogP contribution in [0.15, 0.2) is 16.7 Å². The van der Waals surface area contributed by atoms with Gasteiger partial charge in [-0.3, -0.25) is 0 Å². The summed E-state index contributed by atoms with van der Waals surface area (Å²) in [7, 11) is 0. The van der Waals surface area contributed by atoms with Crippen molar-refractivity contribution in [1.82, 2.24) is 5.32 Å². The molecule has 1 aromatic rings. The summed E-state index contributed by atoms with van der Waals surface area (Å²) in [5, 5.41) is 12.7. The molecule has 1 heterocycles. The Morgan fingerprint density at radius 1 is 1.53 bits per heavy atom. The largest absolute Gasteiger partial charge is 0.468 e. The number of aryl methyl sites for hydroxylation is 1. The molecule has 0 aliphatic heterocycles. The average molecular weight is 211 g/mol. The fraction of sp³-hybridized carbons (Fsp3) is 0.667. The minimum atomic E-state index is -0.200. The van der Waals surface area contributed by atoms with E-state index in [0.29, 0.717) is 6.54 Å². The highest BCUT2D eigenvalue weighted by molar-refractivity contribution is 5.14. The fourth-order valence-corrected chi connectivity index (χ4v) is 1.65. The van der Waals surface area contributed by atoms with E-state index >= 15 is 0 Å². The molecule has 1 aromatic heterocycles. The third-order valence-electron chi connectivity index (χ3n) is 2.79. The zero-order valence-electron chi connectivity index (χ0n) is 9.84. The van der Waals surface area contributed by atoms with E-state index in [0.717, 1.165) is 24.2 Å². The number of aliphatic hydroxyl groups excluding tert-OH is 1. The van der Waals surface area contributed by atoms with Gasteiger partial charge in [-0.15, -0.1) is 0 Å². The Kier molecular flexibility index (Phi) is 4.36. The van der Waals surface area contributed by atoms with Crippen LogP contribution in [-0.2, 0) is 6.54 Å². The summed E-state index contributed by atoms with van der Waals surface area (Å²) >= 11 is 0. The molecule has 0 aromatic carbocycles. The second kappa shape index (κ2) is 5.33. The highest BCUT2D eigenvalue weighted by atomic mass is 16.3. The third kappa shape index (κ3) is 3.36. The molecule has 15 heavy (non-hydrogen) atoms. The lowest BCUT2D eigenvalue weighted by Crippen LogP contribution is -2.45. The maximum absolute atomic E-state index is 9.32. The van der Waals surface area contributed by atoms with Crippen molar-refractivity contribution in [3.63, 3.8) is 0 Å². The third-order valence-corrected chi connectivity index (χ3v) is 2.79. The van der Waals surface area contributed by atoms with E-state index in [4.69, 9.17) is 4.42 Å². The Hall–Kier alpha value is -0.800. The zero-order chi connectivity index (χ0) is 11.3. The van der Waals surface area contributed by atoms with E-state index in [1.165, 1.54) is 0 Å². The summed E-state index contributed by atoms with van der Waals surface area (Å²) in [6.07, 6.45) is 3.72. The lowest BCUT2D eigenvalue weighted by molar-refractivity contribution is 0.160. The topological polar surface area (TPSA) is 45.4 Å². The summed E-state index contributed by atoms with van der Waals surface area (Å²) in [5.41, 5.74) is 0.952. The van der Waals surface area contributed by atoms with Gasteiger partial charge in [-0.05, 0) is 31.9 Å². The van der Waals surface area contributed by atoms with E-state index in [1.54, 1.807) is 6.26 Å². The molecule has 3 nitrogen and oxygen atoms in total. The second-order valence-corrected chi connectivity index (χ2v) is 4.35. The van der Waals surface area contributed by atoms with Crippen molar-refractivity contribution >= 4 is 0 Å². The van der Waals surface area contributed by atoms with Crippen molar-refractivity contribution in [2.75, 3.05) is 6.61 Å². The zero-order valence-corrected chi connectivity index (χ0v) is 9.84. The first kappa shape index (κ1) is 12.3. The van der Waals surface area contributed by atoms with Crippen molar-refractivity contribution in [2.24, 2.45) is 0 Å². The summed E-state index contributed by atoms with van der Waals surface area (Å²) in [6, 6.07) is 1.95. The van der Waals surface area contributed by atoms with Crippen LogP contribution in [0, 0.1) is 6.92 Å². The molecule has 0 spiro atoms. The Balaban J connectivity index is 2.51. The first-order valence-electron chi connectivity index (χ1n) is 5.50. The van der Waals surface area contributed by atoms with Crippen molar-refractivity contribution in [3.8, 4) is 0 Å². The van der Waals surface area contributed by atoms with Crippen LogP contribution in [0.5, 0.6) is 0 Å². The summed E-state index contributed by atoms with van der Waals surface area (Å²) < 4.78 is 5.34. The van der Waals surface area contributed by atoms with E-state index < -0.39 is 0 Å². The molecule has 0 saturated heterocycles. The van der Waals surface area contributed by atoms with E-state index in [9.17, 15) is 5.11 Å². The molecule has 3 heteroatoms. The molecule has 0 radical (unpaired) electrons. The lowest BCUT2D eigenvalue weighted by atomic mass is 9.97. The lowest BCUT2D eigenvalue weighted by Gasteiger charge is -2.28. The molecule has 0 amide bonds. The summed E-state index contributed by atoms with van der Waals surface area (Å²) in [6.45, 7) is 7.01. The SMILES string of the molecule is CCCC(C)(CO)NCc1occc1C. The number of nitrogens with one attached hydrogen (secondary N) is 1. The van der Waals surface area contributed by atoms with Crippen LogP contribution < -0.4 is 5.32 Å². The van der Waals surface area contributed by atoms with Crippen LogP contribution in [-0.4, -0.2) is 17.3 Å². The Bertz CT molecular complexity index is 296. The first-order valence-corrected chi connectivity index (χ1v) is 5.50. The van der Waals surface area contributed by atoms with Gasteiger partial charge in [-0.1, -0.05) is 13.3 Å². The minimum Gasteiger partial charge on any atom is -0.468 e. The van der Waals surface area contributed by atoms with E-state index in [-0.39, 0.29) is 12.1 Å². The van der Waals surface area contributed by atoms with Gasteiger partial charge < -0.3 is 14.8 Å². The number of hydrogen-bond donors (Lipinski definition) is 2. The highest BCUT2D eigenvalue weighted by Gasteiger charge is 2.21. The second-order valence-electron chi connectivity index (χ2n) is 4.35. The maximum Gasteiger partial charge on any atom is 0.120 e. The van der Waals surface area contributed by atoms with Gasteiger partial charge in [-0.25, -0.2) is 0 Å². The van der Waals surface area contributed by atoms with Crippen LogP contribution in [0.25, 0.3) is 0 Å². The molecule has 0 aliphatic carbocycles. The van der Waals surface area contributed by atoms with Gasteiger partial charge in [0, 0.05) is 5.54 Å². The molecule has 86 valence electrons. The molecule has 1 unspecified atom stereocenters. The Morgan fingerprint density at radius 3 is 2.73 bits per heavy atom. The maximum atomic E-state index is 9.32. The monoisotopic (exact) mass is 211 g/mol. The molecular weight excluding hydrogens is 190 g/mol. The van der Waals surface area contributed by atoms with Crippen molar-refractivity contribution in [2.45, 2.75) is 45.7 Å². The van der Waals surface area contributed by atoms with Gasteiger partial charge in [0.15, 0.2) is 0 Å². The van der Waals surface area contributed by atoms with Crippen molar-refractivity contribution in [3.05, 3.63) is 23.7 Å². The molecule has 0 fully saturated rings. The predicted octanol–water partition coefficient (Wildman–Crippen LogP) is 2.23. The number of rotatable bonds is 6. The normalized spacial score (nSPS) is 15.2. The Labute approximate surface area is 91.5 Å². The van der Waals surface area contributed by atoms with Crippen molar-refractivity contribution < 1.29 is 9.52 Å². The van der Waals surface area contributed by atoms with Crippen LogP contribution in [0.4, 0.5) is 0 Å². The molecule has 1 rings (SSSR count). The summed E-state index contributed by atoms with van der Waals surface area (Å²) in [4.78, 5) is 0. The number of aliphatic hydroxyl groups is 1. The van der Waals surface area contributed by atoms with Gasteiger partial charge in [0.1, 0.15) is 5.76 Å². The predicted molar refractivity (Wildman–Crippen MR) is 60.7 cm³/mol. The summed E-state index contributed by atoms with van der Waals surface area (Å²) in [5.74, 6) is 0.950. The fourth-order valence-electron chi connectivity index (χ4n) is 1.65. The van der Waals surface area contributed by atoms with E-state index in [1.807, 2.05) is 19.9 Å². The highest BCUT2D eigenvalue weighted by Crippen LogP contribution is 2.14. The average Bonchev–Trinajstić information content (AvgIpc) is 2.62.